The molecule has 27 heavy (non-hydrogen) atoms. The second kappa shape index (κ2) is 9.56. The summed E-state index contributed by atoms with van der Waals surface area (Å²) in [6.07, 6.45) is 2.22. The summed E-state index contributed by atoms with van der Waals surface area (Å²) in [6.45, 7) is 1.39. The highest BCUT2D eigenvalue weighted by atomic mass is 35.5. The number of para-hydroxylation sites is 1. The zero-order chi connectivity index (χ0) is 19.2. The summed E-state index contributed by atoms with van der Waals surface area (Å²) >= 11 is 12.7. The van der Waals surface area contributed by atoms with Gasteiger partial charge in [-0.25, -0.2) is 0 Å². The Morgan fingerprint density at radius 1 is 1.07 bits per heavy atom. The first-order valence-corrected chi connectivity index (χ1v) is 9.73. The van der Waals surface area contributed by atoms with Crippen molar-refractivity contribution in [3.63, 3.8) is 0 Å². The molecule has 1 heterocycles. The van der Waals surface area contributed by atoms with Crippen LogP contribution in [-0.4, -0.2) is 26.4 Å². The summed E-state index contributed by atoms with van der Waals surface area (Å²) in [4.78, 5) is 14.3. The van der Waals surface area contributed by atoms with Gasteiger partial charge >= 0.3 is 0 Å². The number of benzene rings is 2. The Hall–Kier alpha value is -1.59. The summed E-state index contributed by atoms with van der Waals surface area (Å²) in [5.74, 6) is 0.400. The molecule has 0 radical (unpaired) electrons. The highest BCUT2D eigenvalue weighted by Crippen LogP contribution is 2.37. The van der Waals surface area contributed by atoms with Crippen LogP contribution in [0.15, 0.2) is 42.5 Å². The molecular formula is C21H23Cl2NO3. The Bertz CT molecular complexity index is 776. The van der Waals surface area contributed by atoms with Gasteiger partial charge in [0.25, 0.3) is 0 Å². The third kappa shape index (κ3) is 5.02. The molecule has 1 aliphatic heterocycles. The van der Waals surface area contributed by atoms with E-state index >= 15 is 0 Å². The molecule has 1 amide bonds. The van der Waals surface area contributed by atoms with E-state index in [1.807, 2.05) is 12.1 Å². The molecule has 0 saturated carbocycles. The van der Waals surface area contributed by atoms with Gasteiger partial charge in [-0.15, -0.1) is 0 Å². The summed E-state index contributed by atoms with van der Waals surface area (Å²) in [5, 5.41) is 1.01. The van der Waals surface area contributed by atoms with Crippen molar-refractivity contribution < 1.29 is 14.3 Å². The molecule has 144 valence electrons. The van der Waals surface area contributed by atoms with Crippen molar-refractivity contribution in [2.24, 2.45) is 5.92 Å². The van der Waals surface area contributed by atoms with Crippen molar-refractivity contribution >= 4 is 34.8 Å². The zero-order valence-electron chi connectivity index (χ0n) is 15.3. The Balaban J connectivity index is 1.75. The average Bonchev–Trinajstić information content (AvgIpc) is 2.65. The maximum absolute atomic E-state index is 12.5. The van der Waals surface area contributed by atoms with E-state index in [9.17, 15) is 4.79 Å². The van der Waals surface area contributed by atoms with Crippen LogP contribution in [0.2, 0.25) is 10.0 Å². The lowest BCUT2D eigenvalue weighted by atomic mass is 9.89. The number of hydrogen-bond acceptors (Lipinski definition) is 3. The predicted octanol–water partition coefficient (Wildman–Crippen LogP) is 5.10. The molecule has 2 aromatic rings. The van der Waals surface area contributed by atoms with Crippen LogP contribution in [0.25, 0.3) is 0 Å². The normalized spacial score (nSPS) is 17.4. The van der Waals surface area contributed by atoms with Gasteiger partial charge in [0.1, 0.15) is 6.79 Å². The van der Waals surface area contributed by atoms with E-state index in [-0.39, 0.29) is 12.7 Å². The number of carbonyl (C=O) groups excluding carboxylic acids is 1. The molecule has 0 aromatic heterocycles. The van der Waals surface area contributed by atoms with Crippen molar-refractivity contribution in [1.82, 2.24) is 0 Å². The van der Waals surface area contributed by atoms with Crippen molar-refractivity contribution in [2.75, 3.05) is 25.3 Å². The maximum atomic E-state index is 12.5. The molecule has 1 atom stereocenters. The fraction of sp³-hybridized carbons (Fsp3) is 0.381. The smallest absolute Gasteiger partial charge is 0.227 e. The van der Waals surface area contributed by atoms with Crippen LogP contribution in [0.3, 0.4) is 0 Å². The number of piperidine rings is 1. The number of anilines is 1. The van der Waals surface area contributed by atoms with E-state index in [4.69, 9.17) is 32.7 Å². The number of rotatable bonds is 7. The molecule has 0 aliphatic carbocycles. The van der Waals surface area contributed by atoms with E-state index in [1.165, 1.54) is 5.56 Å². The Morgan fingerprint density at radius 3 is 2.48 bits per heavy atom. The number of carbonyl (C=O) groups is 1. The van der Waals surface area contributed by atoms with Gasteiger partial charge in [-0.2, -0.15) is 0 Å². The molecule has 4 nitrogen and oxygen atoms in total. The van der Waals surface area contributed by atoms with E-state index < -0.39 is 0 Å². The Labute approximate surface area is 170 Å². The first-order valence-electron chi connectivity index (χ1n) is 8.98. The summed E-state index contributed by atoms with van der Waals surface area (Å²) in [7, 11) is 1.61. The largest absolute Gasteiger partial charge is 0.359 e. The van der Waals surface area contributed by atoms with Crippen LogP contribution in [0.5, 0.6) is 0 Å². The summed E-state index contributed by atoms with van der Waals surface area (Å²) in [6, 6.07) is 13.6. The van der Waals surface area contributed by atoms with Crippen LogP contribution in [0, 0.1) is 5.92 Å². The van der Waals surface area contributed by atoms with Crippen LogP contribution in [0.1, 0.15) is 24.0 Å². The highest BCUT2D eigenvalue weighted by molar-refractivity contribution is 6.39. The number of methoxy groups -OCH3 is 1. The number of halogens is 2. The van der Waals surface area contributed by atoms with Crippen molar-refractivity contribution in [2.45, 2.75) is 25.9 Å². The van der Waals surface area contributed by atoms with Crippen molar-refractivity contribution in [1.29, 1.82) is 0 Å². The minimum atomic E-state index is 0.0676. The lowest BCUT2D eigenvalue weighted by Gasteiger charge is -2.34. The zero-order valence-corrected chi connectivity index (χ0v) is 16.8. The first-order chi connectivity index (χ1) is 13.1. The SMILES string of the molecule is COCOCc1ccccc1CC1CCC(=O)N(c2c(Cl)cccc2Cl)C1. The molecule has 2 aromatic carbocycles. The monoisotopic (exact) mass is 407 g/mol. The fourth-order valence-corrected chi connectivity index (χ4v) is 4.09. The fourth-order valence-electron chi connectivity index (χ4n) is 3.49. The lowest BCUT2D eigenvalue weighted by molar-refractivity contribution is -0.120. The van der Waals surface area contributed by atoms with Crippen molar-refractivity contribution in [3.8, 4) is 0 Å². The minimum Gasteiger partial charge on any atom is -0.359 e. The minimum absolute atomic E-state index is 0.0676. The molecule has 1 saturated heterocycles. The van der Waals surface area contributed by atoms with Crippen LogP contribution in [-0.2, 0) is 27.3 Å². The van der Waals surface area contributed by atoms with Gasteiger partial charge in [0.2, 0.25) is 5.91 Å². The predicted molar refractivity (Wildman–Crippen MR) is 108 cm³/mol. The van der Waals surface area contributed by atoms with Gasteiger partial charge < -0.3 is 14.4 Å². The van der Waals surface area contributed by atoms with E-state index in [0.29, 0.717) is 41.2 Å². The quantitative estimate of drug-likeness (QED) is 0.473. The number of amides is 1. The van der Waals surface area contributed by atoms with Crippen LogP contribution >= 0.6 is 23.2 Å². The lowest BCUT2D eigenvalue weighted by Crippen LogP contribution is -2.41. The maximum Gasteiger partial charge on any atom is 0.227 e. The molecule has 1 fully saturated rings. The van der Waals surface area contributed by atoms with Gasteiger partial charge in [-0.1, -0.05) is 53.5 Å². The molecular weight excluding hydrogens is 385 g/mol. The van der Waals surface area contributed by atoms with Gasteiger partial charge in [0.15, 0.2) is 0 Å². The van der Waals surface area contributed by atoms with Gasteiger partial charge in [0.05, 0.1) is 22.3 Å². The molecule has 1 aliphatic rings. The topological polar surface area (TPSA) is 38.8 Å². The third-order valence-corrected chi connectivity index (χ3v) is 5.41. The van der Waals surface area contributed by atoms with Crippen molar-refractivity contribution in [3.05, 3.63) is 63.6 Å². The van der Waals surface area contributed by atoms with Gasteiger partial charge in [-0.3, -0.25) is 4.79 Å². The Kier molecular flexibility index (Phi) is 7.13. The highest BCUT2D eigenvalue weighted by Gasteiger charge is 2.29. The standard InChI is InChI=1S/C21H23Cl2NO3/c1-26-14-27-13-17-6-3-2-5-16(17)11-15-9-10-20(25)24(12-15)21-18(22)7-4-8-19(21)23/h2-8,15H,9-14H2,1H3. The molecule has 0 N–H and O–H groups in total. The van der Waals surface area contributed by atoms with Crippen LogP contribution in [0.4, 0.5) is 5.69 Å². The second-order valence-electron chi connectivity index (χ2n) is 6.71. The van der Waals surface area contributed by atoms with E-state index in [2.05, 4.69) is 12.1 Å². The molecule has 0 spiro atoms. The average molecular weight is 408 g/mol. The van der Waals surface area contributed by atoms with Gasteiger partial charge in [-0.05, 0) is 42.0 Å². The number of nitrogens with zero attached hydrogens (tertiary/aromatic N) is 1. The first kappa shape index (κ1) is 20.2. The number of ether oxygens (including phenoxy) is 2. The third-order valence-electron chi connectivity index (χ3n) is 4.80. The summed E-state index contributed by atoms with van der Waals surface area (Å²) < 4.78 is 10.5. The molecule has 3 rings (SSSR count). The van der Waals surface area contributed by atoms with Crippen LogP contribution < -0.4 is 4.90 Å². The Morgan fingerprint density at radius 2 is 1.78 bits per heavy atom. The van der Waals surface area contributed by atoms with E-state index in [1.54, 1.807) is 30.2 Å². The summed E-state index contributed by atoms with van der Waals surface area (Å²) in [5.41, 5.74) is 3.00. The molecule has 6 heteroatoms. The van der Waals surface area contributed by atoms with E-state index in [0.717, 1.165) is 18.4 Å². The number of hydrogen-bond donors (Lipinski definition) is 0. The van der Waals surface area contributed by atoms with Gasteiger partial charge in [0, 0.05) is 20.1 Å². The molecule has 1 unspecified atom stereocenters. The molecule has 0 bridgehead atoms. The second-order valence-corrected chi connectivity index (χ2v) is 7.52.